The van der Waals surface area contributed by atoms with Gasteiger partial charge in [0.15, 0.2) is 5.69 Å². The molecule has 2 aromatic heterocycles. The first-order valence-electron chi connectivity index (χ1n) is 8.52. The largest absolute Gasteiger partial charge is 0.333 e. The quantitative estimate of drug-likeness (QED) is 0.764. The lowest BCUT2D eigenvalue weighted by Crippen LogP contribution is -2.36. The lowest BCUT2D eigenvalue weighted by molar-refractivity contribution is 0.0727. The Hall–Kier alpha value is -3.22. The zero-order valence-electron chi connectivity index (χ0n) is 14.7. The summed E-state index contributed by atoms with van der Waals surface area (Å²) >= 11 is 0. The number of fused-ring (bicyclic) bond motifs is 1. The fourth-order valence-electron chi connectivity index (χ4n) is 3.27. The van der Waals surface area contributed by atoms with Crippen molar-refractivity contribution < 1.29 is 4.79 Å². The van der Waals surface area contributed by atoms with Crippen molar-refractivity contribution in [3.63, 3.8) is 0 Å². The van der Waals surface area contributed by atoms with Crippen LogP contribution in [-0.2, 0) is 13.0 Å². The summed E-state index contributed by atoms with van der Waals surface area (Å²) in [6.07, 6.45) is 2.55. The van der Waals surface area contributed by atoms with Crippen LogP contribution < -0.4 is 5.56 Å². The molecule has 0 radical (unpaired) electrons. The summed E-state index contributed by atoms with van der Waals surface area (Å²) in [6, 6.07) is 9.60. The van der Waals surface area contributed by atoms with E-state index in [0.717, 1.165) is 12.0 Å². The zero-order valence-corrected chi connectivity index (χ0v) is 14.7. The van der Waals surface area contributed by atoms with Crippen LogP contribution in [0.1, 0.15) is 32.9 Å². The van der Waals surface area contributed by atoms with Gasteiger partial charge in [-0.15, -0.1) is 0 Å². The minimum absolute atomic E-state index is 0.106. The van der Waals surface area contributed by atoms with Gasteiger partial charge in [-0.2, -0.15) is 5.10 Å². The molecule has 1 N–H and O–H groups in total. The van der Waals surface area contributed by atoms with Gasteiger partial charge in [0.25, 0.3) is 11.5 Å². The van der Waals surface area contributed by atoms with Crippen LogP contribution in [0, 0.1) is 13.8 Å². The van der Waals surface area contributed by atoms with E-state index >= 15 is 0 Å². The Morgan fingerprint density at radius 2 is 1.96 bits per heavy atom. The van der Waals surface area contributed by atoms with Crippen molar-refractivity contribution in [1.29, 1.82) is 0 Å². The molecule has 0 saturated carbocycles. The van der Waals surface area contributed by atoms with E-state index in [0.29, 0.717) is 30.4 Å². The van der Waals surface area contributed by atoms with Gasteiger partial charge in [0, 0.05) is 36.6 Å². The number of hydrogen-bond acceptors (Lipinski definition) is 4. The van der Waals surface area contributed by atoms with Gasteiger partial charge in [0.2, 0.25) is 5.95 Å². The summed E-state index contributed by atoms with van der Waals surface area (Å²) in [4.78, 5) is 33.4. The highest BCUT2D eigenvalue weighted by Gasteiger charge is 2.25. The van der Waals surface area contributed by atoms with Crippen molar-refractivity contribution in [1.82, 2.24) is 24.6 Å². The van der Waals surface area contributed by atoms with Crippen molar-refractivity contribution in [2.45, 2.75) is 26.8 Å². The molecule has 1 aliphatic heterocycles. The predicted molar refractivity (Wildman–Crippen MR) is 96.3 cm³/mol. The normalized spacial score (nSPS) is 13.5. The van der Waals surface area contributed by atoms with Crippen molar-refractivity contribution >= 4 is 5.91 Å². The maximum Gasteiger partial charge on any atom is 0.274 e. The Morgan fingerprint density at radius 1 is 1.19 bits per heavy atom. The van der Waals surface area contributed by atoms with Crippen LogP contribution in [0.15, 0.2) is 41.3 Å². The van der Waals surface area contributed by atoms with Crippen molar-refractivity contribution in [2.75, 3.05) is 6.54 Å². The maximum atomic E-state index is 13.0. The second kappa shape index (κ2) is 6.25. The fraction of sp³-hybridized carbons (Fsp3) is 0.263. The molecule has 4 rings (SSSR count). The third-order valence-electron chi connectivity index (χ3n) is 4.59. The van der Waals surface area contributed by atoms with Crippen LogP contribution in [0.4, 0.5) is 0 Å². The first-order chi connectivity index (χ1) is 12.5. The molecule has 0 bridgehead atoms. The summed E-state index contributed by atoms with van der Waals surface area (Å²) in [5.74, 6) is 0.201. The van der Waals surface area contributed by atoms with Gasteiger partial charge in [-0.25, -0.2) is 9.67 Å². The van der Waals surface area contributed by atoms with Gasteiger partial charge in [-0.3, -0.25) is 14.6 Å². The average molecular weight is 349 g/mol. The molecule has 3 aromatic rings. The molecule has 1 amide bonds. The molecule has 26 heavy (non-hydrogen) atoms. The number of aryl methyl sites for hydroxylation is 2. The second-order valence-corrected chi connectivity index (χ2v) is 6.56. The summed E-state index contributed by atoms with van der Waals surface area (Å²) in [5.41, 5.74) is 3.94. The first kappa shape index (κ1) is 16.3. The number of aromatic nitrogens is 4. The molecule has 3 heterocycles. The van der Waals surface area contributed by atoms with E-state index < -0.39 is 0 Å². The Kier molecular flexibility index (Phi) is 3.91. The molecule has 7 heteroatoms. The fourth-order valence-corrected chi connectivity index (χ4v) is 3.27. The molecule has 0 atom stereocenters. The Balaban J connectivity index is 1.63. The van der Waals surface area contributed by atoms with Crippen molar-refractivity contribution in [3.8, 4) is 5.95 Å². The monoisotopic (exact) mass is 349 g/mol. The van der Waals surface area contributed by atoms with E-state index in [1.807, 2.05) is 24.0 Å². The number of nitrogens with one attached hydrogen (secondary N) is 1. The topological polar surface area (TPSA) is 83.9 Å². The molecule has 0 aliphatic carbocycles. The van der Waals surface area contributed by atoms with Gasteiger partial charge in [0.05, 0.1) is 0 Å². The van der Waals surface area contributed by atoms with Gasteiger partial charge >= 0.3 is 0 Å². The highest BCUT2D eigenvalue weighted by Crippen LogP contribution is 2.21. The average Bonchev–Trinajstić information content (AvgIpc) is 3.01. The number of amides is 1. The molecular weight excluding hydrogens is 330 g/mol. The van der Waals surface area contributed by atoms with E-state index in [4.69, 9.17) is 0 Å². The molecule has 7 nitrogen and oxygen atoms in total. The molecule has 0 unspecified atom stereocenters. The Bertz CT molecular complexity index is 1050. The standard InChI is InChI=1S/C19H19N5O2/c1-12-10-24(19-20-13(2)9-16(25)21-19)22-17(12)18(26)23-8-7-14-5-3-4-6-15(14)11-23/h3-6,9-10H,7-8,11H2,1-2H3,(H,20,21,25). The molecule has 0 spiro atoms. The van der Waals surface area contributed by atoms with Crippen LogP contribution >= 0.6 is 0 Å². The van der Waals surface area contributed by atoms with Crippen LogP contribution in [0.2, 0.25) is 0 Å². The number of hydrogen-bond donors (Lipinski definition) is 1. The third kappa shape index (κ3) is 2.92. The number of carbonyl (C=O) groups excluding carboxylic acids is 1. The van der Waals surface area contributed by atoms with Gasteiger partial charge in [-0.1, -0.05) is 24.3 Å². The Labute approximate surface area is 150 Å². The lowest BCUT2D eigenvalue weighted by atomic mass is 9.99. The van der Waals surface area contributed by atoms with Crippen LogP contribution in [0.25, 0.3) is 5.95 Å². The molecule has 0 saturated heterocycles. The minimum atomic E-state index is -0.249. The first-order valence-corrected chi connectivity index (χ1v) is 8.52. The third-order valence-corrected chi connectivity index (χ3v) is 4.59. The minimum Gasteiger partial charge on any atom is -0.333 e. The lowest BCUT2D eigenvalue weighted by Gasteiger charge is -2.28. The highest BCUT2D eigenvalue weighted by molar-refractivity contribution is 5.93. The highest BCUT2D eigenvalue weighted by atomic mass is 16.2. The molecular formula is C19H19N5O2. The molecule has 1 aliphatic rings. The van der Waals surface area contributed by atoms with E-state index in [1.165, 1.54) is 21.9 Å². The van der Waals surface area contributed by atoms with E-state index in [1.54, 1.807) is 13.1 Å². The van der Waals surface area contributed by atoms with E-state index in [2.05, 4.69) is 27.2 Å². The summed E-state index contributed by atoms with van der Waals surface area (Å²) in [7, 11) is 0. The SMILES string of the molecule is Cc1cc(=O)[nH]c(-n2cc(C)c(C(=O)N3CCc4ccccc4C3)n2)n1. The van der Waals surface area contributed by atoms with Gasteiger partial charge in [-0.05, 0) is 31.4 Å². The number of rotatable bonds is 2. The van der Waals surface area contributed by atoms with E-state index in [9.17, 15) is 9.59 Å². The van der Waals surface area contributed by atoms with Crippen LogP contribution in [0.3, 0.4) is 0 Å². The van der Waals surface area contributed by atoms with Crippen LogP contribution in [0.5, 0.6) is 0 Å². The zero-order chi connectivity index (χ0) is 18.3. The second-order valence-electron chi connectivity index (χ2n) is 6.56. The Morgan fingerprint density at radius 3 is 2.73 bits per heavy atom. The predicted octanol–water partition coefficient (Wildman–Crippen LogP) is 1.77. The van der Waals surface area contributed by atoms with Gasteiger partial charge in [0.1, 0.15) is 0 Å². The molecule has 1 aromatic carbocycles. The number of carbonyl (C=O) groups is 1. The number of nitrogens with zero attached hydrogens (tertiary/aromatic N) is 4. The smallest absolute Gasteiger partial charge is 0.274 e. The van der Waals surface area contributed by atoms with Crippen molar-refractivity contribution in [3.05, 3.63) is 75.0 Å². The number of aromatic amines is 1. The van der Waals surface area contributed by atoms with Gasteiger partial charge < -0.3 is 4.90 Å². The number of benzene rings is 1. The number of H-pyrrole nitrogens is 1. The molecule has 0 fully saturated rings. The maximum absolute atomic E-state index is 13.0. The summed E-state index contributed by atoms with van der Waals surface area (Å²) in [6.45, 7) is 4.83. The van der Waals surface area contributed by atoms with Crippen LogP contribution in [-0.4, -0.2) is 37.1 Å². The van der Waals surface area contributed by atoms with Crippen molar-refractivity contribution in [2.24, 2.45) is 0 Å². The van der Waals surface area contributed by atoms with E-state index in [-0.39, 0.29) is 11.5 Å². The molecule has 132 valence electrons. The summed E-state index contributed by atoms with van der Waals surface area (Å²) in [5, 5.41) is 4.39. The summed E-state index contributed by atoms with van der Waals surface area (Å²) < 4.78 is 1.45.